The van der Waals surface area contributed by atoms with E-state index in [0.29, 0.717) is 5.69 Å². The second-order valence-corrected chi connectivity index (χ2v) is 8.76. The van der Waals surface area contributed by atoms with Crippen molar-refractivity contribution < 1.29 is 19.2 Å². The van der Waals surface area contributed by atoms with E-state index in [1.165, 1.54) is 29.3 Å². The third-order valence-corrected chi connectivity index (χ3v) is 6.36. The number of amides is 1. The number of nitro benzene ring substituents is 1. The summed E-state index contributed by atoms with van der Waals surface area (Å²) in [7, 11) is 3.30. The lowest BCUT2D eigenvalue weighted by molar-refractivity contribution is -0.385. The molecule has 3 aromatic rings. The number of anilines is 1. The van der Waals surface area contributed by atoms with E-state index >= 15 is 0 Å². The maximum absolute atomic E-state index is 12.6. The molecule has 4 rings (SSSR count). The molecule has 0 radical (unpaired) electrons. The molecule has 37 heavy (non-hydrogen) atoms. The van der Waals surface area contributed by atoms with E-state index in [0.717, 1.165) is 49.5 Å². The largest absolute Gasteiger partial charge is 0.493 e. The quantitative estimate of drug-likeness (QED) is 0.280. The number of ether oxygens (including phenoxy) is 2. The molecule has 1 N–H and O–H groups in total. The molecule has 0 unspecified atom stereocenters. The Kier molecular flexibility index (Phi) is 9.88. The molecule has 1 aliphatic heterocycles. The first-order valence-corrected chi connectivity index (χ1v) is 12.6. The van der Waals surface area contributed by atoms with Gasteiger partial charge in [-0.25, -0.2) is 0 Å². The fraction of sp³-hybridized carbons (Fsp3) is 0.321. The Morgan fingerprint density at radius 3 is 2.30 bits per heavy atom. The maximum atomic E-state index is 12.6. The van der Waals surface area contributed by atoms with Crippen molar-refractivity contribution in [1.82, 2.24) is 4.90 Å². The SMILES string of the molecule is CC.COc1cc2c(cc1OC)CN(CCc1ccc(NC(=O)c3cc(Cl)ccc3[N+](=O)[O-])cc1)CC2. The van der Waals surface area contributed by atoms with Crippen LogP contribution in [0, 0.1) is 10.1 Å². The van der Waals surface area contributed by atoms with Crippen LogP contribution in [0.2, 0.25) is 5.02 Å². The van der Waals surface area contributed by atoms with Crippen LogP contribution in [-0.4, -0.2) is 43.0 Å². The van der Waals surface area contributed by atoms with Crippen LogP contribution < -0.4 is 14.8 Å². The Hall–Kier alpha value is -3.62. The van der Waals surface area contributed by atoms with Gasteiger partial charge in [-0.05, 0) is 65.9 Å². The van der Waals surface area contributed by atoms with Crippen LogP contribution in [0.3, 0.4) is 0 Å². The van der Waals surface area contributed by atoms with Gasteiger partial charge < -0.3 is 14.8 Å². The predicted molar refractivity (Wildman–Crippen MR) is 146 cm³/mol. The molecule has 1 amide bonds. The highest BCUT2D eigenvalue weighted by molar-refractivity contribution is 6.31. The van der Waals surface area contributed by atoms with Gasteiger partial charge in [0.1, 0.15) is 5.56 Å². The van der Waals surface area contributed by atoms with Gasteiger partial charge >= 0.3 is 0 Å². The zero-order valence-electron chi connectivity index (χ0n) is 21.5. The summed E-state index contributed by atoms with van der Waals surface area (Å²) < 4.78 is 10.9. The van der Waals surface area contributed by atoms with Crippen molar-refractivity contribution in [2.24, 2.45) is 0 Å². The lowest BCUT2D eigenvalue weighted by Gasteiger charge is -2.29. The molecular weight excluding hydrogens is 494 g/mol. The molecule has 8 nitrogen and oxygen atoms in total. The second kappa shape index (κ2) is 13.1. The molecule has 0 atom stereocenters. The Morgan fingerprint density at radius 1 is 1.03 bits per heavy atom. The van der Waals surface area contributed by atoms with Crippen LogP contribution >= 0.6 is 11.6 Å². The third kappa shape index (κ3) is 6.99. The van der Waals surface area contributed by atoms with E-state index in [1.54, 1.807) is 26.4 Å². The maximum Gasteiger partial charge on any atom is 0.282 e. The van der Waals surface area contributed by atoms with E-state index in [9.17, 15) is 14.9 Å². The van der Waals surface area contributed by atoms with Crippen molar-refractivity contribution in [1.29, 1.82) is 0 Å². The number of halogens is 1. The number of hydrogen-bond donors (Lipinski definition) is 1. The minimum Gasteiger partial charge on any atom is -0.493 e. The molecule has 3 aromatic carbocycles. The van der Waals surface area contributed by atoms with Gasteiger partial charge in [-0.3, -0.25) is 19.8 Å². The molecular formula is C28H32ClN3O5. The number of rotatable bonds is 8. The number of carbonyl (C=O) groups excluding carboxylic acids is 1. The summed E-state index contributed by atoms with van der Waals surface area (Å²) >= 11 is 5.93. The number of methoxy groups -OCH3 is 2. The van der Waals surface area contributed by atoms with Crippen molar-refractivity contribution in [2.75, 3.05) is 32.6 Å². The smallest absolute Gasteiger partial charge is 0.282 e. The molecule has 0 aromatic heterocycles. The van der Waals surface area contributed by atoms with Crippen LogP contribution in [0.5, 0.6) is 11.5 Å². The van der Waals surface area contributed by atoms with Gasteiger partial charge in [0.25, 0.3) is 11.6 Å². The molecule has 0 aliphatic carbocycles. The van der Waals surface area contributed by atoms with Crippen LogP contribution in [0.4, 0.5) is 11.4 Å². The molecule has 1 aliphatic rings. The first-order chi connectivity index (χ1) is 17.9. The molecule has 196 valence electrons. The number of carbonyl (C=O) groups is 1. The molecule has 0 saturated heterocycles. The first-order valence-electron chi connectivity index (χ1n) is 12.2. The molecule has 0 bridgehead atoms. The number of nitrogens with one attached hydrogen (secondary N) is 1. The van der Waals surface area contributed by atoms with Crippen LogP contribution in [0.15, 0.2) is 54.6 Å². The van der Waals surface area contributed by atoms with Gasteiger partial charge in [-0.15, -0.1) is 0 Å². The van der Waals surface area contributed by atoms with Crippen LogP contribution in [0.1, 0.15) is 40.9 Å². The normalized spacial score (nSPS) is 12.6. The van der Waals surface area contributed by atoms with E-state index in [2.05, 4.69) is 22.3 Å². The molecule has 0 saturated carbocycles. The standard InChI is InChI=1S/C26H26ClN3O5.C2H6/c1-34-24-13-18-10-12-29(16-19(18)14-25(24)35-2)11-9-17-3-6-21(7-4-17)28-26(31)22-15-20(27)5-8-23(22)30(32)33;1-2/h3-8,13-15H,9-12,16H2,1-2H3,(H,28,31);1-2H3. The highest BCUT2D eigenvalue weighted by Gasteiger charge is 2.21. The Labute approximate surface area is 222 Å². The zero-order chi connectivity index (χ0) is 26.9. The highest BCUT2D eigenvalue weighted by Crippen LogP contribution is 2.33. The van der Waals surface area contributed by atoms with Gasteiger partial charge in [-0.1, -0.05) is 37.6 Å². The van der Waals surface area contributed by atoms with E-state index in [-0.39, 0.29) is 16.3 Å². The number of nitrogens with zero attached hydrogens (tertiary/aromatic N) is 2. The average Bonchev–Trinajstić information content (AvgIpc) is 2.92. The van der Waals surface area contributed by atoms with Gasteiger partial charge in [0.2, 0.25) is 0 Å². The van der Waals surface area contributed by atoms with Crippen molar-refractivity contribution in [2.45, 2.75) is 33.2 Å². The molecule has 0 spiro atoms. The summed E-state index contributed by atoms with van der Waals surface area (Å²) in [4.78, 5) is 25.6. The first kappa shape index (κ1) is 28.0. The fourth-order valence-electron chi connectivity index (χ4n) is 4.22. The summed E-state index contributed by atoms with van der Waals surface area (Å²) in [5.41, 5.74) is 3.87. The number of hydrogen-bond acceptors (Lipinski definition) is 6. The van der Waals surface area contributed by atoms with E-state index in [4.69, 9.17) is 21.1 Å². The van der Waals surface area contributed by atoms with E-state index < -0.39 is 10.8 Å². The summed E-state index contributed by atoms with van der Waals surface area (Å²) in [5, 5.41) is 14.2. The summed E-state index contributed by atoms with van der Waals surface area (Å²) in [5.74, 6) is 0.927. The van der Waals surface area contributed by atoms with Gasteiger partial charge in [-0.2, -0.15) is 0 Å². The van der Waals surface area contributed by atoms with E-state index in [1.807, 2.05) is 26.0 Å². The second-order valence-electron chi connectivity index (χ2n) is 8.32. The number of nitro groups is 1. The predicted octanol–water partition coefficient (Wildman–Crippen LogP) is 6.14. The molecule has 9 heteroatoms. The van der Waals surface area contributed by atoms with Crippen LogP contribution in [-0.2, 0) is 19.4 Å². The van der Waals surface area contributed by atoms with Crippen molar-refractivity contribution in [3.63, 3.8) is 0 Å². The average molecular weight is 526 g/mol. The Balaban J connectivity index is 0.00000186. The summed E-state index contributed by atoms with van der Waals surface area (Å²) in [6, 6.07) is 15.5. The van der Waals surface area contributed by atoms with Gasteiger partial charge in [0.15, 0.2) is 11.5 Å². The fourth-order valence-corrected chi connectivity index (χ4v) is 4.39. The minimum atomic E-state index is -0.597. The highest BCUT2D eigenvalue weighted by atomic mass is 35.5. The third-order valence-electron chi connectivity index (χ3n) is 6.13. The van der Waals surface area contributed by atoms with Crippen molar-refractivity contribution in [3.8, 4) is 11.5 Å². The van der Waals surface area contributed by atoms with Crippen LogP contribution in [0.25, 0.3) is 0 Å². The molecule has 1 heterocycles. The topological polar surface area (TPSA) is 93.9 Å². The van der Waals surface area contributed by atoms with Gasteiger partial charge in [0, 0.05) is 36.4 Å². The Morgan fingerprint density at radius 2 is 1.68 bits per heavy atom. The number of benzene rings is 3. The summed E-state index contributed by atoms with van der Waals surface area (Å²) in [6.45, 7) is 6.71. The van der Waals surface area contributed by atoms with Crippen molar-refractivity contribution >= 4 is 28.9 Å². The van der Waals surface area contributed by atoms with Gasteiger partial charge in [0.05, 0.1) is 19.1 Å². The Bertz CT molecular complexity index is 1250. The number of fused-ring (bicyclic) bond motifs is 1. The lowest BCUT2D eigenvalue weighted by Crippen LogP contribution is -2.32. The lowest BCUT2D eigenvalue weighted by atomic mass is 9.98. The molecule has 0 fully saturated rings. The van der Waals surface area contributed by atoms with Crippen molar-refractivity contribution in [3.05, 3.63) is 92.0 Å². The monoisotopic (exact) mass is 525 g/mol. The summed E-state index contributed by atoms with van der Waals surface area (Å²) in [6.07, 6.45) is 1.81. The zero-order valence-corrected chi connectivity index (χ0v) is 22.3. The minimum absolute atomic E-state index is 0.0776.